The van der Waals surface area contributed by atoms with Crippen molar-refractivity contribution in [3.63, 3.8) is 0 Å². The van der Waals surface area contributed by atoms with Gasteiger partial charge in [-0.3, -0.25) is 4.79 Å². The zero-order chi connectivity index (χ0) is 18.7. The molecule has 0 saturated carbocycles. The van der Waals surface area contributed by atoms with Crippen molar-refractivity contribution < 1.29 is 4.79 Å². The Morgan fingerprint density at radius 1 is 1.12 bits per heavy atom. The second-order valence-electron chi connectivity index (χ2n) is 6.65. The van der Waals surface area contributed by atoms with Crippen molar-refractivity contribution in [1.29, 1.82) is 0 Å². The molecule has 1 amide bonds. The molecule has 134 valence electrons. The number of rotatable bonds is 5. The van der Waals surface area contributed by atoms with Gasteiger partial charge in [-0.25, -0.2) is 5.43 Å². The summed E-state index contributed by atoms with van der Waals surface area (Å²) in [7, 11) is 0. The van der Waals surface area contributed by atoms with Gasteiger partial charge in [0.05, 0.1) is 12.6 Å². The molecule has 0 saturated heterocycles. The molecule has 26 heavy (non-hydrogen) atoms. The molecule has 2 aromatic carbocycles. The largest absolute Gasteiger partial charge is 0.344 e. The van der Waals surface area contributed by atoms with Crippen LogP contribution in [-0.4, -0.2) is 16.7 Å². The Kier molecular flexibility index (Phi) is 5.21. The summed E-state index contributed by atoms with van der Waals surface area (Å²) in [5.41, 5.74) is 9.48. The lowest BCUT2D eigenvalue weighted by Crippen LogP contribution is -2.19. The van der Waals surface area contributed by atoms with E-state index in [2.05, 4.69) is 61.0 Å². The van der Waals surface area contributed by atoms with Crippen molar-refractivity contribution in [2.45, 2.75) is 40.7 Å². The molecule has 4 heteroatoms. The first-order valence-corrected chi connectivity index (χ1v) is 8.97. The van der Waals surface area contributed by atoms with Gasteiger partial charge in [-0.05, 0) is 50.5 Å². The van der Waals surface area contributed by atoms with Crippen molar-refractivity contribution >= 4 is 23.0 Å². The number of amides is 1. The number of para-hydroxylation sites is 1. The van der Waals surface area contributed by atoms with Gasteiger partial charge in [0.1, 0.15) is 0 Å². The number of fused-ring (bicyclic) bond motifs is 1. The van der Waals surface area contributed by atoms with Crippen LogP contribution in [0.15, 0.2) is 47.6 Å². The molecule has 0 fully saturated rings. The summed E-state index contributed by atoms with van der Waals surface area (Å²) in [6.45, 7) is 9.24. The number of hydrogen-bond acceptors (Lipinski definition) is 2. The SMILES string of the molecule is CCn1c(C)c(C=NNC(=O)Cc2ccc(C)c(C)c2)c2ccccc21. The summed E-state index contributed by atoms with van der Waals surface area (Å²) >= 11 is 0. The van der Waals surface area contributed by atoms with Crippen molar-refractivity contribution in [2.24, 2.45) is 5.10 Å². The van der Waals surface area contributed by atoms with Crippen LogP contribution < -0.4 is 5.43 Å². The number of carbonyl (C=O) groups is 1. The quantitative estimate of drug-likeness (QED) is 0.543. The van der Waals surface area contributed by atoms with Crippen LogP contribution in [0.4, 0.5) is 0 Å². The topological polar surface area (TPSA) is 46.4 Å². The second kappa shape index (κ2) is 7.56. The molecule has 3 rings (SSSR count). The van der Waals surface area contributed by atoms with E-state index in [4.69, 9.17) is 0 Å². The van der Waals surface area contributed by atoms with Crippen LogP contribution in [0, 0.1) is 20.8 Å². The zero-order valence-corrected chi connectivity index (χ0v) is 15.8. The van der Waals surface area contributed by atoms with Gasteiger partial charge < -0.3 is 4.57 Å². The summed E-state index contributed by atoms with van der Waals surface area (Å²) in [6, 6.07) is 14.4. The molecule has 0 spiro atoms. The monoisotopic (exact) mass is 347 g/mol. The first-order valence-electron chi connectivity index (χ1n) is 8.97. The molecule has 1 heterocycles. The molecule has 0 aliphatic carbocycles. The molecule has 1 aromatic heterocycles. The number of hydrazone groups is 1. The average Bonchev–Trinajstić information content (AvgIpc) is 2.89. The van der Waals surface area contributed by atoms with E-state index in [-0.39, 0.29) is 5.91 Å². The second-order valence-corrected chi connectivity index (χ2v) is 6.65. The van der Waals surface area contributed by atoms with E-state index >= 15 is 0 Å². The molecule has 0 unspecified atom stereocenters. The van der Waals surface area contributed by atoms with Crippen LogP contribution >= 0.6 is 0 Å². The summed E-state index contributed by atoms with van der Waals surface area (Å²) < 4.78 is 2.26. The standard InChI is InChI=1S/C22H25N3O/c1-5-25-17(4)20(19-8-6-7-9-21(19)25)14-23-24-22(26)13-18-11-10-15(2)16(3)12-18/h6-12,14H,5,13H2,1-4H3,(H,24,26). The number of aromatic nitrogens is 1. The maximum absolute atomic E-state index is 12.2. The molecule has 1 N–H and O–H groups in total. The number of carbonyl (C=O) groups excluding carboxylic acids is 1. The molecule has 0 aliphatic rings. The molecular formula is C22H25N3O. The number of nitrogens with zero attached hydrogens (tertiary/aromatic N) is 2. The lowest BCUT2D eigenvalue weighted by Gasteiger charge is -2.04. The van der Waals surface area contributed by atoms with Gasteiger partial charge in [0.25, 0.3) is 0 Å². The first-order chi connectivity index (χ1) is 12.5. The van der Waals surface area contributed by atoms with E-state index in [9.17, 15) is 4.79 Å². The van der Waals surface area contributed by atoms with E-state index in [0.717, 1.165) is 28.8 Å². The van der Waals surface area contributed by atoms with E-state index in [1.54, 1.807) is 6.21 Å². The third-order valence-corrected chi connectivity index (χ3v) is 4.91. The minimum absolute atomic E-state index is 0.110. The molecule has 0 bridgehead atoms. The van der Waals surface area contributed by atoms with Gasteiger partial charge in [0.15, 0.2) is 0 Å². The van der Waals surface area contributed by atoms with Gasteiger partial charge in [0.2, 0.25) is 5.91 Å². The predicted molar refractivity (Wildman–Crippen MR) is 108 cm³/mol. The molecule has 0 atom stereocenters. The first kappa shape index (κ1) is 17.9. The van der Waals surface area contributed by atoms with Gasteiger partial charge in [-0.15, -0.1) is 0 Å². The lowest BCUT2D eigenvalue weighted by atomic mass is 10.0. The van der Waals surface area contributed by atoms with E-state index in [0.29, 0.717) is 6.42 Å². The smallest absolute Gasteiger partial charge is 0.244 e. The third-order valence-electron chi connectivity index (χ3n) is 4.91. The molecule has 0 aliphatic heterocycles. The third kappa shape index (κ3) is 3.54. The van der Waals surface area contributed by atoms with Crippen LogP contribution in [0.2, 0.25) is 0 Å². The summed E-state index contributed by atoms with van der Waals surface area (Å²) in [6.07, 6.45) is 2.08. The minimum atomic E-state index is -0.110. The fourth-order valence-electron chi connectivity index (χ4n) is 3.34. The normalized spacial score (nSPS) is 11.4. The number of nitrogens with one attached hydrogen (secondary N) is 1. The fraction of sp³-hybridized carbons (Fsp3) is 0.273. The number of hydrogen-bond donors (Lipinski definition) is 1. The van der Waals surface area contributed by atoms with Crippen LogP contribution in [0.1, 0.15) is 34.9 Å². The highest BCUT2D eigenvalue weighted by Crippen LogP contribution is 2.24. The Bertz CT molecular complexity index is 982. The van der Waals surface area contributed by atoms with Crippen LogP contribution in [0.25, 0.3) is 10.9 Å². The average molecular weight is 347 g/mol. The highest BCUT2D eigenvalue weighted by atomic mass is 16.2. The summed E-state index contributed by atoms with van der Waals surface area (Å²) in [4.78, 5) is 12.2. The number of benzene rings is 2. The molecule has 4 nitrogen and oxygen atoms in total. The zero-order valence-electron chi connectivity index (χ0n) is 15.8. The van der Waals surface area contributed by atoms with Crippen LogP contribution in [0.5, 0.6) is 0 Å². The van der Waals surface area contributed by atoms with Gasteiger partial charge in [-0.2, -0.15) is 5.10 Å². The van der Waals surface area contributed by atoms with Gasteiger partial charge >= 0.3 is 0 Å². The Hall–Kier alpha value is -2.88. The Balaban J connectivity index is 1.74. The van der Waals surface area contributed by atoms with E-state index in [1.807, 2.05) is 24.3 Å². The van der Waals surface area contributed by atoms with Gasteiger partial charge in [0, 0.05) is 28.7 Å². The van der Waals surface area contributed by atoms with E-state index < -0.39 is 0 Å². The molecule has 0 radical (unpaired) electrons. The van der Waals surface area contributed by atoms with Crippen molar-refractivity contribution in [3.8, 4) is 0 Å². The van der Waals surface area contributed by atoms with Crippen LogP contribution in [0.3, 0.4) is 0 Å². The molecule has 3 aromatic rings. The maximum atomic E-state index is 12.2. The highest BCUT2D eigenvalue weighted by molar-refractivity contribution is 6.01. The van der Waals surface area contributed by atoms with Crippen LogP contribution in [-0.2, 0) is 17.8 Å². The number of aryl methyl sites for hydroxylation is 3. The Morgan fingerprint density at radius 2 is 1.88 bits per heavy atom. The van der Waals surface area contributed by atoms with Crippen molar-refractivity contribution in [1.82, 2.24) is 9.99 Å². The highest BCUT2D eigenvalue weighted by Gasteiger charge is 2.11. The summed E-state index contributed by atoms with van der Waals surface area (Å²) in [5.74, 6) is -0.110. The Labute approximate surface area is 154 Å². The predicted octanol–water partition coefficient (Wildman–Crippen LogP) is 4.28. The van der Waals surface area contributed by atoms with Gasteiger partial charge in [-0.1, -0.05) is 36.4 Å². The Morgan fingerprint density at radius 3 is 2.62 bits per heavy atom. The lowest BCUT2D eigenvalue weighted by molar-refractivity contribution is -0.120. The minimum Gasteiger partial charge on any atom is -0.344 e. The fourth-order valence-corrected chi connectivity index (χ4v) is 3.34. The van der Waals surface area contributed by atoms with Crippen molar-refractivity contribution in [2.75, 3.05) is 0 Å². The van der Waals surface area contributed by atoms with Crippen molar-refractivity contribution in [3.05, 3.63) is 70.4 Å². The summed E-state index contributed by atoms with van der Waals surface area (Å²) in [5, 5.41) is 5.35. The van der Waals surface area contributed by atoms with E-state index in [1.165, 1.54) is 16.6 Å². The molecular weight excluding hydrogens is 322 g/mol. The maximum Gasteiger partial charge on any atom is 0.244 e.